The third-order valence-electron chi connectivity index (χ3n) is 3.02. The van der Waals surface area contributed by atoms with Crippen LogP contribution in [0.5, 0.6) is 0 Å². The van der Waals surface area contributed by atoms with E-state index < -0.39 is 6.10 Å². The molecule has 90 valence electrons. The van der Waals surface area contributed by atoms with Crippen molar-refractivity contribution in [3.63, 3.8) is 0 Å². The van der Waals surface area contributed by atoms with E-state index in [0.29, 0.717) is 0 Å². The molecule has 2 aromatic carbocycles. The Balaban J connectivity index is 2.14. The van der Waals surface area contributed by atoms with Crippen molar-refractivity contribution in [1.29, 1.82) is 0 Å². The van der Waals surface area contributed by atoms with E-state index in [-0.39, 0.29) is 0 Å². The second-order valence-electron chi connectivity index (χ2n) is 4.16. The Hall–Kier alpha value is -0.910. The summed E-state index contributed by atoms with van der Waals surface area (Å²) in [6.07, 6.45) is -0.545. The lowest BCUT2D eigenvalue weighted by Gasteiger charge is -2.12. The summed E-state index contributed by atoms with van der Waals surface area (Å²) in [5.74, 6) is 0. The number of hydrogen-bond acceptors (Lipinski definition) is 2. The smallest absolute Gasteiger partial charge is 0.105 e. The lowest BCUT2D eigenvalue weighted by Crippen LogP contribution is -1.98. The van der Waals surface area contributed by atoms with Crippen molar-refractivity contribution in [3.8, 4) is 0 Å². The third kappa shape index (κ3) is 2.18. The highest BCUT2D eigenvalue weighted by atomic mass is 127. The lowest BCUT2D eigenvalue weighted by atomic mass is 9.97. The van der Waals surface area contributed by atoms with Gasteiger partial charge in [0.15, 0.2) is 0 Å². The van der Waals surface area contributed by atoms with Gasteiger partial charge in [0.2, 0.25) is 0 Å². The Morgan fingerprint density at radius 3 is 2.61 bits per heavy atom. The van der Waals surface area contributed by atoms with Crippen LogP contribution in [0.25, 0.3) is 10.8 Å². The fourth-order valence-electron chi connectivity index (χ4n) is 2.14. The van der Waals surface area contributed by atoms with Gasteiger partial charge in [-0.1, -0.05) is 42.5 Å². The molecule has 1 aromatic heterocycles. The SMILES string of the molecule is OC(c1csc(I)c1)c1cccc2ccccc12. The Kier molecular flexibility index (Phi) is 3.37. The second kappa shape index (κ2) is 4.99. The standard InChI is InChI=1S/C15H11IOS/c16-14-8-11(9-18-14)15(17)13-7-3-5-10-4-1-2-6-12(10)13/h1-9,15,17H. The minimum atomic E-state index is -0.545. The molecule has 0 fully saturated rings. The maximum absolute atomic E-state index is 10.5. The molecule has 3 rings (SSSR count). The van der Waals surface area contributed by atoms with Crippen LogP contribution < -0.4 is 0 Å². The molecule has 3 aromatic rings. The first kappa shape index (κ1) is 12.1. The summed E-state index contributed by atoms with van der Waals surface area (Å²) in [5, 5.41) is 14.8. The van der Waals surface area contributed by atoms with E-state index in [4.69, 9.17) is 0 Å². The van der Waals surface area contributed by atoms with Gasteiger partial charge in [0, 0.05) is 0 Å². The molecule has 0 spiro atoms. The van der Waals surface area contributed by atoms with E-state index in [1.165, 1.54) is 8.27 Å². The topological polar surface area (TPSA) is 20.2 Å². The summed E-state index contributed by atoms with van der Waals surface area (Å²) < 4.78 is 1.20. The average molecular weight is 366 g/mol. The Labute approximate surface area is 123 Å². The highest BCUT2D eigenvalue weighted by molar-refractivity contribution is 14.1. The van der Waals surface area contributed by atoms with Crippen molar-refractivity contribution < 1.29 is 5.11 Å². The van der Waals surface area contributed by atoms with E-state index in [9.17, 15) is 5.11 Å². The molecule has 1 atom stereocenters. The van der Waals surface area contributed by atoms with Gasteiger partial charge in [0.05, 0.1) is 2.88 Å². The quantitative estimate of drug-likeness (QED) is 0.658. The van der Waals surface area contributed by atoms with Crippen LogP contribution in [0.1, 0.15) is 17.2 Å². The number of benzene rings is 2. The summed E-state index contributed by atoms with van der Waals surface area (Å²) in [6.45, 7) is 0. The first-order chi connectivity index (χ1) is 8.75. The van der Waals surface area contributed by atoms with E-state index in [2.05, 4.69) is 40.8 Å². The van der Waals surface area contributed by atoms with Gasteiger partial charge in [-0.15, -0.1) is 11.3 Å². The molecular weight excluding hydrogens is 355 g/mol. The second-order valence-corrected chi connectivity index (χ2v) is 6.96. The first-order valence-electron chi connectivity index (χ1n) is 5.65. The van der Waals surface area contributed by atoms with Gasteiger partial charge < -0.3 is 5.11 Å². The number of aliphatic hydroxyl groups is 1. The maximum atomic E-state index is 10.5. The van der Waals surface area contributed by atoms with Gasteiger partial charge >= 0.3 is 0 Å². The van der Waals surface area contributed by atoms with Gasteiger partial charge in [0.1, 0.15) is 6.10 Å². The van der Waals surface area contributed by atoms with Crippen LogP contribution >= 0.6 is 33.9 Å². The lowest BCUT2D eigenvalue weighted by molar-refractivity contribution is 0.222. The molecule has 0 saturated heterocycles. The molecule has 1 unspecified atom stereocenters. The monoisotopic (exact) mass is 366 g/mol. The number of hydrogen-bond donors (Lipinski definition) is 1. The zero-order valence-corrected chi connectivity index (χ0v) is 12.5. The predicted molar refractivity (Wildman–Crippen MR) is 85.0 cm³/mol. The van der Waals surface area contributed by atoms with Crippen molar-refractivity contribution >= 4 is 44.7 Å². The highest BCUT2D eigenvalue weighted by Gasteiger charge is 2.14. The summed E-state index contributed by atoms with van der Waals surface area (Å²) in [5.41, 5.74) is 1.95. The zero-order chi connectivity index (χ0) is 12.5. The van der Waals surface area contributed by atoms with E-state index >= 15 is 0 Å². The zero-order valence-electron chi connectivity index (χ0n) is 9.51. The molecule has 0 radical (unpaired) electrons. The molecule has 1 heterocycles. The van der Waals surface area contributed by atoms with Crippen LogP contribution in [0.2, 0.25) is 0 Å². The number of thiophene rings is 1. The summed E-state index contributed by atoms with van der Waals surface area (Å²) in [7, 11) is 0. The number of rotatable bonds is 2. The summed E-state index contributed by atoms with van der Waals surface area (Å²) >= 11 is 3.94. The van der Waals surface area contributed by atoms with Gasteiger partial charge in [-0.25, -0.2) is 0 Å². The molecule has 18 heavy (non-hydrogen) atoms. The van der Waals surface area contributed by atoms with Gasteiger partial charge in [-0.2, -0.15) is 0 Å². The summed E-state index contributed by atoms with van der Waals surface area (Å²) in [6, 6.07) is 16.3. The molecule has 0 amide bonds. The minimum absolute atomic E-state index is 0.545. The molecule has 0 bridgehead atoms. The molecule has 3 heteroatoms. The number of aliphatic hydroxyl groups excluding tert-OH is 1. The van der Waals surface area contributed by atoms with Gasteiger partial charge in [-0.3, -0.25) is 0 Å². The van der Waals surface area contributed by atoms with Crippen molar-refractivity contribution in [2.45, 2.75) is 6.10 Å². The maximum Gasteiger partial charge on any atom is 0.105 e. The van der Waals surface area contributed by atoms with Crippen LogP contribution in [-0.2, 0) is 0 Å². The molecule has 0 aliphatic carbocycles. The largest absolute Gasteiger partial charge is 0.384 e. The van der Waals surface area contributed by atoms with E-state index in [1.807, 2.05) is 35.7 Å². The first-order valence-corrected chi connectivity index (χ1v) is 7.61. The number of halogens is 1. The van der Waals surface area contributed by atoms with Crippen LogP contribution in [0.15, 0.2) is 53.9 Å². The minimum Gasteiger partial charge on any atom is -0.384 e. The molecule has 1 nitrogen and oxygen atoms in total. The Morgan fingerprint density at radius 1 is 1.06 bits per heavy atom. The summed E-state index contributed by atoms with van der Waals surface area (Å²) in [4.78, 5) is 0. The average Bonchev–Trinajstić information content (AvgIpc) is 2.84. The highest BCUT2D eigenvalue weighted by Crippen LogP contribution is 2.31. The van der Waals surface area contributed by atoms with Crippen molar-refractivity contribution in [2.75, 3.05) is 0 Å². The van der Waals surface area contributed by atoms with Gasteiger partial charge in [0.25, 0.3) is 0 Å². The Bertz CT molecular complexity index is 684. The number of fused-ring (bicyclic) bond motifs is 1. The molecular formula is C15H11IOS. The normalized spacial score (nSPS) is 12.8. The van der Waals surface area contributed by atoms with Crippen LogP contribution in [0.3, 0.4) is 0 Å². The van der Waals surface area contributed by atoms with Crippen molar-refractivity contribution in [1.82, 2.24) is 0 Å². The fraction of sp³-hybridized carbons (Fsp3) is 0.0667. The van der Waals surface area contributed by atoms with Crippen LogP contribution in [0, 0.1) is 2.88 Å². The molecule has 0 aliphatic heterocycles. The van der Waals surface area contributed by atoms with E-state index in [1.54, 1.807) is 11.3 Å². The van der Waals surface area contributed by atoms with E-state index in [0.717, 1.165) is 16.5 Å². The Morgan fingerprint density at radius 2 is 1.83 bits per heavy atom. The third-order valence-corrected chi connectivity index (χ3v) is 4.83. The molecule has 0 aliphatic rings. The van der Waals surface area contributed by atoms with Crippen molar-refractivity contribution in [2.24, 2.45) is 0 Å². The predicted octanol–water partition coefficient (Wildman–Crippen LogP) is 4.59. The van der Waals surface area contributed by atoms with Crippen LogP contribution in [-0.4, -0.2) is 5.11 Å². The molecule has 1 N–H and O–H groups in total. The van der Waals surface area contributed by atoms with Gasteiger partial charge in [-0.05, 0) is 55.9 Å². The molecule has 0 saturated carbocycles. The van der Waals surface area contributed by atoms with Crippen molar-refractivity contribution in [3.05, 3.63) is 67.9 Å². The fourth-order valence-corrected chi connectivity index (χ4v) is 3.53. The van der Waals surface area contributed by atoms with Crippen LogP contribution in [0.4, 0.5) is 0 Å².